The topological polar surface area (TPSA) is 39.7 Å². The maximum absolute atomic E-state index is 5.98. The van der Waals surface area contributed by atoms with Crippen molar-refractivity contribution in [2.24, 2.45) is 0 Å². The van der Waals surface area contributed by atoms with Crippen LogP contribution in [0.15, 0.2) is 66.7 Å². The molecule has 1 fully saturated rings. The molecular formula is C25H29NO3. The first-order valence-corrected chi connectivity index (χ1v) is 10.3. The van der Waals surface area contributed by atoms with Gasteiger partial charge in [-0.1, -0.05) is 72.3 Å². The Bertz CT molecular complexity index is 920. The lowest BCUT2D eigenvalue weighted by Crippen LogP contribution is -2.30. The number of nitrogens with one attached hydrogen (secondary N) is 1. The van der Waals surface area contributed by atoms with Gasteiger partial charge in [0.05, 0.1) is 19.8 Å². The fourth-order valence-electron chi connectivity index (χ4n) is 3.71. The highest BCUT2D eigenvalue weighted by atomic mass is 16.7. The highest BCUT2D eigenvalue weighted by Gasteiger charge is 2.26. The van der Waals surface area contributed by atoms with Gasteiger partial charge >= 0.3 is 0 Å². The van der Waals surface area contributed by atoms with E-state index in [1.165, 1.54) is 27.5 Å². The summed E-state index contributed by atoms with van der Waals surface area (Å²) in [5.74, 6) is 0. The maximum atomic E-state index is 5.98. The maximum Gasteiger partial charge on any atom is 0.170 e. The normalized spacial score (nSPS) is 20.2. The molecule has 2 unspecified atom stereocenters. The van der Waals surface area contributed by atoms with Gasteiger partial charge in [-0.25, -0.2) is 0 Å². The second-order valence-electron chi connectivity index (χ2n) is 7.72. The highest BCUT2D eigenvalue weighted by molar-refractivity contribution is 5.86. The van der Waals surface area contributed by atoms with E-state index >= 15 is 0 Å². The van der Waals surface area contributed by atoms with Gasteiger partial charge in [0.25, 0.3) is 0 Å². The van der Waals surface area contributed by atoms with Crippen LogP contribution in [0.2, 0.25) is 0 Å². The van der Waals surface area contributed by atoms with Crippen molar-refractivity contribution in [3.63, 3.8) is 0 Å². The molecule has 0 bridgehead atoms. The van der Waals surface area contributed by atoms with Crippen LogP contribution in [0.4, 0.5) is 0 Å². The Labute approximate surface area is 172 Å². The molecule has 3 aromatic rings. The number of hydrogen-bond acceptors (Lipinski definition) is 4. The SMILES string of the molecule is Cc1ccc(COCC2COC(CN[C@H](C)c3cccc4ccccc34)O2)cc1. The van der Waals surface area contributed by atoms with Crippen molar-refractivity contribution in [3.8, 4) is 0 Å². The Morgan fingerprint density at radius 1 is 1.03 bits per heavy atom. The monoisotopic (exact) mass is 391 g/mol. The largest absolute Gasteiger partial charge is 0.374 e. The first-order chi connectivity index (χ1) is 14.2. The second kappa shape index (κ2) is 9.51. The molecule has 1 aliphatic rings. The number of benzene rings is 3. The molecule has 0 aromatic heterocycles. The first kappa shape index (κ1) is 20.0. The van der Waals surface area contributed by atoms with Crippen molar-refractivity contribution in [1.29, 1.82) is 0 Å². The molecule has 3 aromatic carbocycles. The van der Waals surface area contributed by atoms with E-state index in [4.69, 9.17) is 14.2 Å². The summed E-state index contributed by atoms with van der Waals surface area (Å²) >= 11 is 0. The summed E-state index contributed by atoms with van der Waals surface area (Å²) in [4.78, 5) is 0. The van der Waals surface area contributed by atoms with E-state index in [2.05, 4.69) is 85.9 Å². The number of rotatable bonds is 8. The van der Waals surface area contributed by atoms with Gasteiger partial charge in [-0.05, 0) is 35.7 Å². The second-order valence-corrected chi connectivity index (χ2v) is 7.72. The summed E-state index contributed by atoms with van der Waals surface area (Å²) in [6, 6.07) is 23.5. The smallest absolute Gasteiger partial charge is 0.170 e. The molecule has 1 aliphatic heterocycles. The fourth-order valence-corrected chi connectivity index (χ4v) is 3.71. The lowest BCUT2D eigenvalue weighted by atomic mass is 10.00. The number of ether oxygens (including phenoxy) is 3. The Kier molecular flexibility index (Phi) is 6.57. The molecule has 0 amide bonds. The van der Waals surface area contributed by atoms with Crippen molar-refractivity contribution in [1.82, 2.24) is 5.32 Å². The Morgan fingerprint density at radius 3 is 2.69 bits per heavy atom. The van der Waals surface area contributed by atoms with Crippen LogP contribution in [0.25, 0.3) is 10.8 Å². The van der Waals surface area contributed by atoms with E-state index in [1.54, 1.807) is 0 Å². The van der Waals surface area contributed by atoms with Gasteiger partial charge in [-0.3, -0.25) is 0 Å². The summed E-state index contributed by atoms with van der Waals surface area (Å²) in [6.07, 6.45) is -0.250. The van der Waals surface area contributed by atoms with Crippen LogP contribution in [-0.2, 0) is 20.8 Å². The lowest BCUT2D eigenvalue weighted by Gasteiger charge is -2.19. The molecule has 1 N–H and O–H groups in total. The van der Waals surface area contributed by atoms with E-state index in [-0.39, 0.29) is 18.4 Å². The zero-order chi connectivity index (χ0) is 20.1. The third-order valence-electron chi connectivity index (χ3n) is 5.39. The van der Waals surface area contributed by atoms with Gasteiger partial charge < -0.3 is 19.5 Å². The molecule has 1 heterocycles. The average molecular weight is 392 g/mol. The molecule has 1 saturated heterocycles. The van der Waals surface area contributed by atoms with Gasteiger partial charge in [0.1, 0.15) is 6.10 Å². The third-order valence-corrected chi connectivity index (χ3v) is 5.39. The Hall–Kier alpha value is -2.24. The molecule has 29 heavy (non-hydrogen) atoms. The number of aryl methyl sites for hydroxylation is 1. The van der Waals surface area contributed by atoms with Crippen molar-refractivity contribution >= 4 is 10.8 Å². The van der Waals surface area contributed by atoms with Crippen molar-refractivity contribution in [2.45, 2.75) is 38.9 Å². The minimum absolute atomic E-state index is 0.0138. The number of hydrogen-bond donors (Lipinski definition) is 1. The van der Waals surface area contributed by atoms with Gasteiger partial charge in [-0.15, -0.1) is 0 Å². The molecular weight excluding hydrogens is 362 g/mol. The van der Waals surface area contributed by atoms with Crippen LogP contribution in [0.1, 0.15) is 29.7 Å². The first-order valence-electron chi connectivity index (χ1n) is 10.3. The molecule has 4 nitrogen and oxygen atoms in total. The summed E-state index contributed by atoms with van der Waals surface area (Å²) in [6.45, 7) is 6.63. The summed E-state index contributed by atoms with van der Waals surface area (Å²) in [7, 11) is 0. The number of fused-ring (bicyclic) bond motifs is 1. The quantitative estimate of drug-likeness (QED) is 0.601. The lowest BCUT2D eigenvalue weighted by molar-refractivity contribution is -0.0709. The predicted molar refractivity (Wildman–Crippen MR) is 116 cm³/mol. The highest BCUT2D eigenvalue weighted by Crippen LogP contribution is 2.24. The van der Waals surface area contributed by atoms with E-state index in [0.29, 0.717) is 26.4 Å². The summed E-state index contributed by atoms with van der Waals surface area (Å²) < 4.78 is 17.6. The van der Waals surface area contributed by atoms with Gasteiger partial charge in [0.2, 0.25) is 0 Å². The minimum atomic E-state index is -0.236. The van der Waals surface area contributed by atoms with Crippen molar-refractivity contribution < 1.29 is 14.2 Å². The Balaban J connectivity index is 1.22. The zero-order valence-corrected chi connectivity index (χ0v) is 17.1. The molecule has 0 spiro atoms. The molecule has 3 atom stereocenters. The van der Waals surface area contributed by atoms with Crippen LogP contribution in [-0.4, -0.2) is 32.2 Å². The van der Waals surface area contributed by atoms with Gasteiger partial charge in [-0.2, -0.15) is 0 Å². The standard InChI is InChI=1S/C25H29NO3/c1-18-10-12-20(13-11-18)15-27-16-22-17-28-25(29-22)14-26-19(2)23-9-5-7-21-6-3-4-8-24(21)23/h3-13,19,22,25-26H,14-17H2,1-2H3/t19-,22?,25?/m1/s1. The molecule has 0 saturated carbocycles. The molecule has 152 valence electrons. The van der Waals surface area contributed by atoms with Crippen LogP contribution < -0.4 is 5.32 Å². The van der Waals surface area contributed by atoms with E-state index in [1.807, 2.05) is 0 Å². The Morgan fingerprint density at radius 2 is 1.83 bits per heavy atom. The van der Waals surface area contributed by atoms with E-state index in [9.17, 15) is 0 Å². The molecule has 0 radical (unpaired) electrons. The van der Waals surface area contributed by atoms with Crippen LogP contribution in [0, 0.1) is 6.92 Å². The van der Waals surface area contributed by atoms with Gasteiger partial charge in [0, 0.05) is 12.6 Å². The van der Waals surface area contributed by atoms with Gasteiger partial charge in [0.15, 0.2) is 6.29 Å². The summed E-state index contributed by atoms with van der Waals surface area (Å²) in [5.41, 5.74) is 3.73. The minimum Gasteiger partial charge on any atom is -0.374 e. The van der Waals surface area contributed by atoms with Crippen LogP contribution >= 0.6 is 0 Å². The molecule has 0 aliphatic carbocycles. The molecule has 4 heteroatoms. The zero-order valence-electron chi connectivity index (χ0n) is 17.1. The van der Waals surface area contributed by atoms with Crippen molar-refractivity contribution in [2.75, 3.05) is 19.8 Å². The van der Waals surface area contributed by atoms with E-state index in [0.717, 1.165) is 0 Å². The fraction of sp³-hybridized carbons (Fsp3) is 0.360. The van der Waals surface area contributed by atoms with E-state index < -0.39 is 0 Å². The van der Waals surface area contributed by atoms with Crippen LogP contribution in [0.3, 0.4) is 0 Å². The molecule has 4 rings (SSSR count). The summed E-state index contributed by atoms with van der Waals surface area (Å²) in [5, 5.41) is 6.09. The average Bonchev–Trinajstić information content (AvgIpc) is 3.21. The van der Waals surface area contributed by atoms with Crippen LogP contribution in [0.5, 0.6) is 0 Å². The third kappa shape index (κ3) is 5.22. The van der Waals surface area contributed by atoms with Crippen molar-refractivity contribution in [3.05, 3.63) is 83.4 Å². The predicted octanol–water partition coefficient (Wildman–Crippen LogP) is 4.76.